The molecule has 16 nitrogen and oxygen atoms in total. The Morgan fingerprint density at radius 2 is 1.68 bits per heavy atom. The second kappa shape index (κ2) is 19.5. The molecule has 2 aromatic heterocycles. The molecule has 4 aromatic rings. The normalized spacial score (nSPS) is 21.9. The number of methoxy groups -OCH3 is 1. The summed E-state index contributed by atoms with van der Waals surface area (Å²) in [7, 11) is 3.56. The van der Waals surface area contributed by atoms with E-state index >= 15 is 8.78 Å². The van der Waals surface area contributed by atoms with Crippen molar-refractivity contribution >= 4 is 63.9 Å². The SMILES string of the molecule is CNc1cc(N2CCc3c(CN4CCC(CN5CCC6(CC5)CCN(C(=O)c5cc(C)c(Cl)c(N7CCC(=O)NC7=O)c5)CC6)C(F)(F)C4)cccc32)nn2c(C(N)=O)cnc12.COC1CCC1. The summed E-state index contributed by atoms with van der Waals surface area (Å²) < 4.78 is 38.5. The number of imidazole rings is 1. The summed E-state index contributed by atoms with van der Waals surface area (Å²) in [6, 6.07) is 10.7. The average Bonchev–Trinajstić information content (AvgIpc) is 3.95. The third kappa shape index (κ3) is 9.61. The molecule has 6 aliphatic rings. The number of likely N-dealkylation sites (tertiary alicyclic amines) is 3. The van der Waals surface area contributed by atoms with Crippen LogP contribution in [0.3, 0.4) is 0 Å². The van der Waals surface area contributed by atoms with Gasteiger partial charge >= 0.3 is 6.03 Å². The number of carbonyl (C=O) groups excluding carboxylic acids is 4. The van der Waals surface area contributed by atoms with Crippen LogP contribution in [-0.2, 0) is 22.5 Å². The van der Waals surface area contributed by atoms with Crippen LogP contribution in [0.15, 0.2) is 42.6 Å². The molecule has 1 atom stereocenters. The van der Waals surface area contributed by atoms with Crippen LogP contribution >= 0.6 is 11.6 Å². The largest absolute Gasteiger partial charge is 0.385 e. The monoisotopic (exact) mass is 957 g/mol. The number of carbonyl (C=O) groups is 4. The third-order valence-corrected chi connectivity index (χ3v) is 15.8. The Morgan fingerprint density at radius 3 is 2.32 bits per heavy atom. The number of urea groups is 1. The van der Waals surface area contributed by atoms with Gasteiger partial charge in [-0.25, -0.2) is 23.1 Å². The van der Waals surface area contributed by atoms with Crippen molar-refractivity contribution in [2.75, 3.05) is 88.2 Å². The lowest BCUT2D eigenvalue weighted by atomic mass is 9.71. The van der Waals surface area contributed by atoms with E-state index in [1.807, 2.05) is 34.1 Å². The van der Waals surface area contributed by atoms with Crippen LogP contribution in [0.25, 0.3) is 5.65 Å². The van der Waals surface area contributed by atoms with Crippen molar-refractivity contribution in [3.05, 3.63) is 75.6 Å². The van der Waals surface area contributed by atoms with Crippen molar-refractivity contribution in [2.24, 2.45) is 17.1 Å². The van der Waals surface area contributed by atoms with Gasteiger partial charge in [-0.3, -0.25) is 29.5 Å². The minimum atomic E-state index is -2.83. The van der Waals surface area contributed by atoms with E-state index in [0.717, 1.165) is 62.0 Å². The fourth-order valence-corrected chi connectivity index (χ4v) is 11.1. The van der Waals surface area contributed by atoms with Crippen LogP contribution in [0, 0.1) is 18.3 Å². The molecule has 7 heterocycles. The second-order valence-electron chi connectivity index (χ2n) is 19.4. The van der Waals surface area contributed by atoms with Gasteiger partial charge in [-0.1, -0.05) is 23.7 Å². The van der Waals surface area contributed by atoms with Crippen molar-refractivity contribution in [3.63, 3.8) is 0 Å². The maximum atomic E-state index is 16.0. The number of nitrogens with zero attached hydrogens (tertiary/aromatic N) is 8. The Bertz CT molecular complexity index is 2570. The molecule has 1 spiro atoms. The van der Waals surface area contributed by atoms with Gasteiger partial charge < -0.3 is 30.5 Å². The van der Waals surface area contributed by atoms with Crippen molar-refractivity contribution < 1.29 is 32.7 Å². The smallest absolute Gasteiger partial charge is 0.328 e. The average molecular weight is 959 g/mol. The van der Waals surface area contributed by atoms with Gasteiger partial charge in [0.2, 0.25) is 5.91 Å². The molecule has 5 aliphatic heterocycles. The Morgan fingerprint density at radius 1 is 0.941 bits per heavy atom. The fraction of sp³-hybridized carbons (Fsp3) is 0.551. The molecule has 5 fully saturated rings. The quantitative estimate of drug-likeness (QED) is 0.156. The summed E-state index contributed by atoms with van der Waals surface area (Å²) in [6.07, 6.45) is 10.8. The first-order valence-electron chi connectivity index (χ1n) is 24.0. The molecule has 4 saturated heterocycles. The summed E-state index contributed by atoms with van der Waals surface area (Å²) in [5.74, 6) is -4.01. The summed E-state index contributed by atoms with van der Waals surface area (Å²) in [4.78, 5) is 63.9. The number of hydrogen-bond acceptors (Lipinski definition) is 11. The van der Waals surface area contributed by atoms with Gasteiger partial charge in [-0.15, -0.1) is 5.10 Å². The van der Waals surface area contributed by atoms with Gasteiger partial charge in [-0.2, -0.15) is 0 Å². The van der Waals surface area contributed by atoms with Crippen molar-refractivity contribution in [1.29, 1.82) is 0 Å². The first kappa shape index (κ1) is 47.6. The molecule has 5 amide bonds. The number of hydrogen-bond donors (Lipinski definition) is 3. The number of piperidine rings is 3. The number of alkyl halides is 2. The molecule has 0 radical (unpaired) electrons. The zero-order chi connectivity index (χ0) is 47.9. The van der Waals surface area contributed by atoms with Crippen molar-refractivity contribution in [2.45, 2.75) is 89.7 Å². The molecule has 1 saturated carbocycles. The van der Waals surface area contributed by atoms with Crippen LogP contribution < -0.4 is 26.2 Å². The predicted molar refractivity (Wildman–Crippen MR) is 256 cm³/mol. The molecule has 364 valence electrons. The van der Waals surface area contributed by atoms with E-state index in [-0.39, 0.29) is 42.4 Å². The van der Waals surface area contributed by atoms with Crippen molar-refractivity contribution in [1.82, 2.24) is 34.6 Å². The van der Waals surface area contributed by atoms with Gasteiger partial charge in [-0.05, 0) is 125 Å². The number of amides is 5. The number of aryl methyl sites for hydroxylation is 1. The highest BCUT2D eigenvalue weighted by Crippen LogP contribution is 2.44. The van der Waals surface area contributed by atoms with E-state index in [0.29, 0.717) is 90.8 Å². The number of fused-ring (bicyclic) bond motifs is 2. The molecule has 2 aromatic carbocycles. The second-order valence-corrected chi connectivity index (χ2v) is 19.8. The first-order chi connectivity index (χ1) is 32.7. The van der Waals surface area contributed by atoms with Gasteiger partial charge in [0.05, 0.1) is 35.2 Å². The van der Waals surface area contributed by atoms with Gasteiger partial charge in [0, 0.05) is 83.1 Å². The van der Waals surface area contributed by atoms with Crippen LogP contribution in [0.2, 0.25) is 5.02 Å². The molecule has 0 bridgehead atoms. The number of halogens is 3. The van der Waals surface area contributed by atoms with Gasteiger partial charge in [0.25, 0.3) is 17.7 Å². The zero-order valence-corrected chi connectivity index (χ0v) is 39.9. The highest BCUT2D eigenvalue weighted by atomic mass is 35.5. The predicted octanol–water partition coefficient (Wildman–Crippen LogP) is 6.63. The van der Waals surface area contributed by atoms with Crippen LogP contribution in [-0.4, -0.2) is 138 Å². The first-order valence-corrected chi connectivity index (χ1v) is 24.3. The maximum Gasteiger partial charge on any atom is 0.328 e. The van der Waals surface area contributed by atoms with E-state index in [2.05, 4.69) is 25.4 Å². The zero-order valence-electron chi connectivity index (χ0n) is 39.2. The third-order valence-electron chi connectivity index (χ3n) is 15.3. The number of anilines is 4. The number of ether oxygens (including phenoxy) is 1. The molecule has 1 unspecified atom stereocenters. The lowest BCUT2D eigenvalue weighted by Crippen LogP contribution is -2.53. The van der Waals surface area contributed by atoms with Gasteiger partial charge in [0.1, 0.15) is 5.69 Å². The van der Waals surface area contributed by atoms with E-state index < -0.39 is 23.8 Å². The minimum Gasteiger partial charge on any atom is -0.385 e. The fourth-order valence-electron chi connectivity index (χ4n) is 10.8. The summed E-state index contributed by atoms with van der Waals surface area (Å²) >= 11 is 6.58. The van der Waals surface area contributed by atoms with E-state index in [4.69, 9.17) is 27.2 Å². The van der Waals surface area contributed by atoms with Gasteiger partial charge in [0.15, 0.2) is 11.5 Å². The topological polar surface area (TPSA) is 174 Å². The summed E-state index contributed by atoms with van der Waals surface area (Å²) in [6.45, 7) is 6.47. The highest BCUT2D eigenvalue weighted by molar-refractivity contribution is 6.35. The lowest BCUT2D eigenvalue weighted by molar-refractivity contribution is -0.123. The van der Waals surface area contributed by atoms with Crippen LogP contribution in [0.4, 0.5) is 36.5 Å². The molecule has 10 rings (SSSR count). The Labute approximate surface area is 400 Å². The Kier molecular flexibility index (Phi) is 13.7. The number of aromatic nitrogens is 3. The lowest BCUT2D eigenvalue weighted by Gasteiger charge is -2.48. The number of benzene rings is 2. The number of imide groups is 1. The molecule has 68 heavy (non-hydrogen) atoms. The Balaban J connectivity index is 0.000000894. The van der Waals surface area contributed by atoms with Crippen LogP contribution in [0.5, 0.6) is 0 Å². The molecule has 4 N–H and O–H groups in total. The standard InChI is InChI=1S/C44H52ClF2N11O4.C5H10O/c1-27-20-29(21-34(38(27)45)57-15-8-37(59)51-42(57)62)41(61)55-18-11-43(12-19-55)9-16-53(17-10-43)25-30-6-13-54(26-44(30,46)47)24-28-4-3-5-33-31(28)7-14-56(33)36-22-32(49-2)40-50-23-35(39(48)60)58(40)52-36;1-6-5-3-2-4-5/h3-5,20-23,30,49H,6-19,24-26H2,1-2H3,(H2,48,60)(H,51,59,62);5H,2-4H2,1H3. The highest BCUT2D eigenvalue weighted by Gasteiger charge is 2.47. The summed E-state index contributed by atoms with van der Waals surface area (Å²) in [5.41, 5.74) is 11.7. The van der Waals surface area contributed by atoms with E-state index in [1.54, 1.807) is 33.2 Å². The van der Waals surface area contributed by atoms with Crippen molar-refractivity contribution in [3.8, 4) is 0 Å². The van der Waals surface area contributed by atoms with E-state index in [1.165, 1.54) is 34.9 Å². The summed E-state index contributed by atoms with van der Waals surface area (Å²) in [5, 5.41) is 10.5. The molecule has 19 heteroatoms. The minimum absolute atomic E-state index is 0.0775. The molecular formula is C49H62ClF2N11O5. The number of rotatable bonds is 10. The number of nitrogens with one attached hydrogen (secondary N) is 2. The van der Waals surface area contributed by atoms with Crippen LogP contribution in [0.1, 0.15) is 95.3 Å². The Hall–Kier alpha value is -5.43. The maximum absolute atomic E-state index is 16.0. The molecule has 1 aliphatic carbocycles. The number of nitrogens with two attached hydrogens (primary N) is 1. The van der Waals surface area contributed by atoms with E-state index in [9.17, 15) is 19.2 Å². The number of primary amides is 1. The molecular weight excluding hydrogens is 896 g/mol.